The fraction of sp³-hybridized carbons (Fsp3) is 0.133. The zero-order valence-electron chi connectivity index (χ0n) is 10.7. The van der Waals surface area contributed by atoms with Crippen molar-refractivity contribution in [3.63, 3.8) is 0 Å². The predicted octanol–water partition coefficient (Wildman–Crippen LogP) is 3.40. The van der Waals surface area contributed by atoms with Gasteiger partial charge in [-0.05, 0) is 49.2 Å². The van der Waals surface area contributed by atoms with Crippen LogP contribution in [0.2, 0.25) is 0 Å². The van der Waals surface area contributed by atoms with E-state index in [-0.39, 0.29) is 11.3 Å². The van der Waals surface area contributed by atoms with Crippen molar-refractivity contribution in [2.45, 2.75) is 13.8 Å². The molecule has 0 bridgehead atoms. The summed E-state index contributed by atoms with van der Waals surface area (Å²) in [6.07, 6.45) is 0. The Labute approximate surface area is 110 Å². The highest BCUT2D eigenvalue weighted by molar-refractivity contribution is 6.04. The molecule has 2 aromatic rings. The summed E-state index contributed by atoms with van der Waals surface area (Å²) in [6.45, 7) is 3.48. The van der Waals surface area contributed by atoms with E-state index in [9.17, 15) is 14.3 Å². The number of phenolic OH excluding ortho intramolecular Hbond substituents is 1. The van der Waals surface area contributed by atoms with Crippen LogP contribution in [0.1, 0.15) is 21.5 Å². The molecule has 0 atom stereocenters. The van der Waals surface area contributed by atoms with Crippen molar-refractivity contribution < 1.29 is 14.3 Å². The number of aryl methyl sites for hydroxylation is 2. The number of halogens is 1. The maximum absolute atomic E-state index is 13.2. The van der Waals surface area contributed by atoms with Gasteiger partial charge in [-0.3, -0.25) is 4.79 Å². The number of benzene rings is 2. The van der Waals surface area contributed by atoms with Crippen LogP contribution in [0.4, 0.5) is 10.1 Å². The highest BCUT2D eigenvalue weighted by Crippen LogP contribution is 2.21. The largest absolute Gasteiger partial charge is 0.508 e. The summed E-state index contributed by atoms with van der Waals surface area (Å²) < 4.78 is 13.2. The molecule has 2 aromatic carbocycles. The van der Waals surface area contributed by atoms with Crippen molar-refractivity contribution in [1.29, 1.82) is 0 Å². The Hall–Kier alpha value is -2.36. The Morgan fingerprint density at radius 1 is 1.16 bits per heavy atom. The van der Waals surface area contributed by atoms with Gasteiger partial charge in [-0.2, -0.15) is 0 Å². The Balaban J connectivity index is 2.22. The number of aromatic hydroxyl groups is 1. The summed E-state index contributed by atoms with van der Waals surface area (Å²) >= 11 is 0. The molecule has 0 unspecified atom stereocenters. The molecule has 0 fully saturated rings. The number of hydrogen-bond donors (Lipinski definition) is 2. The van der Waals surface area contributed by atoms with E-state index >= 15 is 0 Å². The van der Waals surface area contributed by atoms with Gasteiger partial charge in [-0.15, -0.1) is 0 Å². The average molecular weight is 259 g/mol. The lowest BCUT2D eigenvalue weighted by atomic mass is 10.1. The summed E-state index contributed by atoms with van der Waals surface area (Å²) in [4.78, 5) is 12.0. The van der Waals surface area contributed by atoms with E-state index in [0.29, 0.717) is 11.3 Å². The van der Waals surface area contributed by atoms with E-state index < -0.39 is 11.7 Å². The van der Waals surface area contributed by atoms with E-state index in [0.717, 1.165) is 5.56 Å². The molecule has 0 heterocycles. The molecule has 1 amide bonds. The molecule has 0 radical (unpaired) electrons. The first kappa shape index (κ1) is 13.1. The molecule has 4 heteroatoms. The predicted molar refractivity (Wildman–Crippen MR) is 71.9 cm³/mol. The number of amides is 1. The van der Waals surface area contributed by atoms with Gasteiger partial charge in [0, 0.05) is 17.3 Å². The van der Waals surface area contributed by atoms with Gasteiger partial charge in [-0.25, -0.2) is 4.39 Å². The van der Waals surface area contributed by atoms with Crippen molar-refractivity contribution in [1.82, 2.24) is 0 Å². The highest BCUT2D eigenvalue weighted by Gasteiger charge is 2.09. The minimum atomic E-state index is -0.447. The van der Waals surface area contributed by atoms with E-state index in [1.165, 1.54) is 18.2 Å². The molecule has 2 rings (SSSR count). The molecule has 0 aromatic heterocycles. The first-order chi connectivity index (χ1) is 8.95. The van der Waals surface area contributed by atoms with Crippen LogP contribution in [0.5, 0.6) is 5.75 Å². The van der Waals surface area contributed by atoms with Crippen LogP contribution in [0.25, 0.3) is 0 Å². The van der Waals surface area contributed by atoms with E-state index in [4.69, 9.17) is 0 Å². The summed E-state index contributed by atoms with van der Waals surface area (Å²) in [7, 11) is 0. The molecule has 2 N–H and O–H groups in total. The lowest BCUT2D eigenvalue weighted by Gasteiger charge is -2.07. The first-order valence-electron chi connectivity index (χ1n) is 5.84. The minimum absolute atomic E-state index is 0.105. The minimum Gasteiger partial charge on any atom is -0.508 e. The van der Waals surface area contributed by atoms with Crippen LogP contribution in [-0.2, 0) is 0 Å². The number of carbonyl (C=O) groups is 1. The summed E-state index contributed by atoms with van der Waals surface area (Å²) in [5.41, 5.74) is 2.11. The van der Waals surface area contributed by atoms with E-state index in [2.05, 4.69) is 5.32 Å². The molecule has 3 nitrogen and oxygen atoms in total. The SMILES string of the molecule is Cc1cc(F)cc(C(=O)Nc2ccc(C)c(O)c2)c1. The third-order valence-corrected chi connectivity index (χ3v) is 2.77. The number of carbonyl (C=O) groups excluding carboxylic acids is 1. The molecule has 19 heavy (non-hydrogen) atoms. The van der Waals surface area contributed by atoms with Crippen LogP contribution < -0.4 is 5.32 Å². The standard InChI is InChI=1S/C15H14FNO2/c1-9-5-11(7-12(16)6-9)15(19)17-13-4-3-10(2)14(18)8-13/h3-8,18H,1-2H3,(H,17,19). The van der Waals surface area contributed by atoms with E-state index in [1.54, 1.807) is 32.0 Å². The fourth-order valence-electron chi connectivity index (χ4n) is 1.76. The van der Waals surface area contributed by atoms with Gasteiger partial charge in [0.05, 0.1) is 0 Å². The van der Waals surface area contributed by atoms with Gasteiger partial charge in [0.1, 0.15) is 11.6 Å². The summed E-state index contributed by atoms with van der Waals surface area (Å²) in [5.74, 6) is -0.754. The monoisotopic (exact) mass is 259 g/mol. The second-order valence-corrected chi connectivity index (χ2v) is 4.47. The number of anilines is 1. The van der Waals surface area contributed by atoms with Crippen molar-refractivity contribution in [2.24, 2.45) is 0 Å². The van der Waals surface area contributed by atoms with Crippen LogP contribution in [0, 0.1) is 19.7 Å². The number of nitrogens with one attached hydrogen (secondary N) is 1. The molecule has 0 aliphatic rings. The Kier molecular flexibility index (Phi) is 3.51. The fourth-order valence-corrected chi connectivity index (χ4v) is 1.76. The zero-order valence-corrected chi connectivity index (χ0v) is 10.7. The number of rotatable bonds is 2. The first-order valence-corrected chi connectivity index (χ1v) is 5.84. The van der Waals surface area contributed by atoms with Gasteiger partial charge >= 0.3 is 0 Å². The van der Waals surface area contributed by atoms with Gasteiger partial charge in [-0.1, -0.05) is 6.07 Å². The molecule has 0 aliphatic carbocycles. The Bertz CT molecular complexity index is 618. The molecule has 0 aliphatic heterocycles. The van der Waals surface area contributed by atoms with Gasteiger partial charge < -0.3 is 10.4 Å². The topological polar surface area (TPSA) is 49.3 Å². The zero-order chi connectivity index (χ0) is 14.0. The van der Waals surface area contributed by atoms with Crippen LogP contribution >= 0.6 is 0 Å². The van der Waals surface area contributed by atoms with Crippen LogP contribution in [0.3, 0.4) is 0 Å². The van der Waals surface area contributed by atoms with E-state index in [1.807, 2.05) is 0 Å². The quantitative estimate of drug-likeness (QED) is 0.868. The molecule has 0 saturated heterocycles. The maximum atomic E-state index is 13.2. The average Bonchev–Trinajstić information content (AvgIpc) is 2.32. The van der Waals surface area contributed by atoms with Gasteiger partial charge in [0.25, 0.3) is 5.91 Å². The van der Waals surface area contributed by atoms with Crippen molar-refractivity contribution in [3.8, 4) is 5.75 Å². The second-order valence-electron chi connectivity index (χ2n) is 4.47. The molecular weight excluding hydrogens is 245 g/mol. The molecule has 0 saturated carbocycles. The second kappa shape index (κ2) is 5.10. The Morgan fingerprint density at radius 3 is 2.53 bits per heavy atom. The third-order valence-electron chi connectivity index (χ3n) is 2.77. The number of hydrogen-bond acceptors (Lipinski definition) is 2. The lowest BCUT2D eigenvalue weighted by Crippen LogP contribution is -2.12. The normalized spacial score (nSPS) is 10.3. The van der Waals surface area contributed by atoms with Crippen LogP contribution in [0.15, 0.2) is 36.4 Å². The third kappa shape index (κ3) is 3.10. The van der Waals surface area contributed by atoms with Gasteiger partial charge in [0.2, 0.25) is 0 Å². The van der Waals surface area contributed by atoms with Crippen molar-refractivity contribution in [3.05, 3.63) is 58.9 Å². The van der Waals surface area contributed by atoms with Crippen molar-refractivity contribution >= 4 is 11.6 Å². The molecular formula is C15H14FNO2. The molecule has 0 spiro atoms. The lowest BCUT2D eigenvalue weighted by molar-refractivity contribution is 0.102. The smallest absolute Gasteiger partial charge is 0.255 e. The maximum Gasteiger partial charge on any atom is 0.255 e. The highest BCUT2D eigenvalue weighted by atomic mass is 19.1. The summed E-state index contributed by atoms with van der Waals surface area (Å²) in [5, 5.41) is 12.2. The molecule has 98 valence electrons. The number of phenols is 1. The van der Waals surface area contributed by atoms with Crippen molar-refractivity contribution in [2.75, 3.05) is 5.32 Å². The Morgan fingerprint density at radius 2 is 1.89 bits per heavy atom. The summed E-state index contributed by atoms with van der Waals surface area (Å²) in [6, 6.07) is 8.97. The van der Waals surface area contributed by atoms with Gasteiger partial charge in [0.15, 0.2) is 0 Å². The van der Waals surface area contributed by atoms with Crippen LogP contribution in [-0.4, -0.2) is 11.0 Å².